The van der Waals surface area contributed by atoms with Crippen LogP contribution in [-0.2, 0) is 28.9 Å². The smallest absolute Gasteiger partial charge is 0.223 e. The minimum Gasteiger partial charge on any atom is -0.386 e. The maximum atomic E-state index is 13.8. The van der Waals surface area contributed by atoms with Gasteiger partial charge in [0.2, 0.25) is 11.5 Å². The van der Waals surface area contributed by atoms with E-state index < -0.39 is 5.60 Å². The topological polar surface area (TPSA) is 91.3 Å². The normalized spacial score (nSPS) is 14.3. The molecular formula is C31H35BrN4O3. The van der Waals surface area contributed by atoms with Crippen LogP contribution in [0, 0.1) is 5.41 Å². The zero-order valence-corrected chi connectivity index (χ0v) is 24.7. The zero-order chi connectivity index (χ0) is 27.4. The molecule has 0 aliphatic carbocycles. The van der Waals surface area contributed by atoms with E-state index in [1.165, 1.54) is 6.92 Å². The summed E-state index contributed by atoms with van der Waals surface area (Å²) in [5.74, 6) is -0.251. The summed E-state index contributed by atoms with van der Waals surface area (Å²) >= 11 is 0. The molecule has 0 saturated carbocycles. The van der Waals surface area contributed by atoms with Crippen LogP contribution in [0.4, 0.5) is 5.69 Å². The number of aliphatic hydroxyl groups is 1. The number of halogens is 1. The Labute approximate surface area is 239 Å². The molecule has 7 nitrogen and oxygen atoms in total. The summed E-state index contributed by atoms with van der Waals surface area (Å²) in [5, 5.41) is 20.0. The first-order valence-corrected chi connectivity index (χ1v) is 12.9. The number of benzene rings is 3. The van der Waals surface area contributed by atoms with E-state index in [2.05, 4.69) is 0 Å². The molecular weight excluding hydrogens is 556 g/mol. The lowest BCUT2D eigenvalue weighted by molar-refractivity contribution is -0.116. The van der Waals surface area contributed by atoms with Crippen molar-refractivity contribution < 1.29 is 14.7 Å². The zero-order valence-electron chi connectivity index (χ0n) is 23.0. The van der Waals surface area contributed by atoms with Crippen molar-refractivity contribution in [3.05, 3.63) is 94.6 Å². The summed E-state index contributed by atoms with van der Waals surface area (Å²) in [6, 6.07) is 21.3. The number of fused-ring (bicyclic) bond motifs is 2. The van der Waals surface area contributed by atoms with Crippen molar-refractivity contribution in [1.82, 2.24) is 9.13 Å². The number of Topliss-reactive ketones (excluding diaryl/α,β-unsaturated/α-hetero) is 1. The minimum absolute atomic E-state index is 0. The van der Waals surface area contributed by atoms with Crippen molar-refractivity contribution in [2.75, 3.05) is 11.4 Å². The summed E-state index contributed by atoms with van der Waals surface area (Å²) in [4.78, 5) is 28.0. The first-order chi connectivity index (χ1) is 17.9. The largest absolute Gasteiger partial charge is 0.386 e. The first-order valence-electron chi connectivity index (χ1n) is 12.9. The van der Waals surface area contributed by atoms with Gasteiger partial charge < -0.3 is 19.1 Å². The number of rotatable bonds is 6. The molecule has 2 heterocycles. The monoisotopic (exact) mass is 590 g/mol. The van der Waals surface area contributed by atoms with Crippen molar-refractivity contribution in [2.45, 2.75) is 58.7 Å². The van der Waals surface area contributed by atoms with E-state index in [0.717, 1.165) is 22.2 Å². The summed E-state index contributed by atoms with van der Waals surface area (Å²) in [5.41, 5.74) is 3.98. The number of hydrogen-bond acceptors (Lipinski definition) is 4. The number of nitrogens with zero attached hydrogens (tertiary/aromatic N) is 3. The van der Waals surface area contributed by atoms with Crippen LogP contribution in [0.1, 0.15) is 61.7 Å². The lowest BCUT2D eigenvalue weighted by atomic mass is 9.82. The number of ketones is 1. The Morgan fingerprint density at radius 2 is 1.56 bits per heavy atom. The van der Waals surface area contributed by atoms with Crippen molar-refractivity contribution in [3.8, 4) is 0 Å². The van der Waals surface area contributed by atoms with E-state index in [0.29, 0.717) is 29.9 Å². The van der Waals surface area contributed by atoms with Gasteiger partial charge in [-0.25, -0.2) is 0 Å². The van der Waals surface area contributed by atoms with Crippen molar-refractivity contribution >= 4 is 45.4 Å². The van der Waals surface area contributed by atoms with Crippen molar-refractivity contribution in [1.29, 1.82) is 5.41 Å². The average molecular weight is 592 g/mol. The molecule has 1 aliphatic heterocycles. The number of hydrogen-bond donors (Lipinski definition) is 2. The van der Waals surface area contributed by atoms with E-state index in [1.807, 2.05) is 79.1 Å². The van der Waals surface area contributed by atoms with Gasteiger partial charge in [0.25, 0.3) is 0 Å². The molecule has 0 unspecified atom stereocenters. The fourth-order valence-corrected chi connectivity index (χ4v) is 5.51. The molecule has 0 atom stereocenters. The van der Waals surface area contributed by atoms with Gasteiger partial charge in [0.15, 0.2) is 5.78 Å². The molecule has 0 bridgehead atoms. The summed E-state index contributed by atoms with van der Waals surface area (Å²) in [6.07, 6.45) is 0. The molecule has 8 heteroatoms. The lowest BCUT2D eigenvalue weighted by Crippen LogP contribution is -2.33. The Balaban J connectivity index is 0.00000353. The second kappa shape index (κ2) is 10.2. The molecule has 1 aliphatic rings. The Bertz CT molecular complexity index is 1630. The highest BCUT2D eigenvalue weighted by atomic mass is 79.9. The SMILES string of the molecule is Br.CC(=O)N1CC(C)(C)c2cc(C(=O)Cn3c(=N)n(Cc4ccccc4)c4ccccc43)cc(C(C)(C)O)c21. The number of amides is 1. The van der Waals surface area contributed by atoms with E-state index in [4.69, 9.17) is 5.41 Å². The van der Waals surface area contributed by atoms with Gasteiger partial charge in [-0.15, -0.1) is 17.0 Å². The molecule has 5 rings (SSSR count). The van der Waals surface area contributed by atoms with Crippen LogP contribution in [0.5, 0.6) is 0 Å². The Morgan fingerprint density at radius 3 is 2.15 bits per heavy atom. The van der Waals surface area contributed by atoms with Gasteiger partial charge in [0.1, 0.15) is 0 Å². The molecule has 0 spiro atoms. The van der Waals surface area contributed by atoms with Crippen LogP contribution in [0.2, 0.25) is 0 Å². The number of anilines is 1. The number of carbonyl (C=O) groups is 2. The van der Waals surface area contributed by atoms with Gasteiger partial charge in [0, 0.05) is 30.0 Å². The fraction of sp³-hybridized carbons (Fsp3) is 0.323. The van der Waals surface area contributed by atoms with Crippen LogP contribution in [-0.4, -0.2) is 32.5 Å². The van der Waals surface area contributed by atoms with E-state index >= 15 is 0 Å². The number of nitrogens with one attached hydrogen (secondary N) is 1. The standard InChI is InChI=1S/C31H34N4O3.BrH/c1-20(36)35-19-30(2,3)23-15-22(16-24(28(23)35)31(4,5)38)27(37)18-34-26-14-10-9-13-25(26)33(29(34)32)17-21-11-7-6-8-12-21;/h6-16,32,38H,17-19H2,1-5H3;1H. The third-order valence-electron chi connectivity index (χ3n) is 7.48. The van der Waals surface area contributed by atoms with E-state index in [-0.39, 0.29) is 46.2 Å². The predicted octanol–water partition coefficient (Wildman–Crippen LogP) is 5.30. The quantitative estimate of drug-likeness (QED) is 0.298. The summed E-state index contributed by atoms with van der Waals surface area (Å²) in [7, 11) is 0. The van der Waals surface area contributed by atoms with Crippen LogP contribution in [0.3, 0.4) is 0 Å². The second-order valence-electron chi connectivity index (χ2n) is 11.4. The van der Waals surface area contributed by atoms with Gasteiger partial charge >= 0.3 is 0 Å². The van der Waals surface area contributed by atoms with Crippen LogP contribution in [0.25, 0.3) is 11.0 Å². The fourth-order valence-electron chi connectivity index (χ4n) is 5.51. The first kappa shape index (κ1) is 28.5. The van der Waals surface area contributed by atoms with Crippen molar-refractivity contribution in [3.63, 3.8) is 0 Å². The highest BCUT2D eigenvalue weighted by molar-refractivity contribution is 8.93. The molecule has 4 aromatic rings. The van der Waals surface area contributed by atoms with E-state index in [1.54, 1.807) is 29.4 Å². The number of imidazole rings is 1. The molecule has 0 saturated heterocycles. The number of para-hydroxylation sites is 2. The molecule has 204 valence electrons. The summed E-state index contributed by atoms with van der Waals surface area (Å²) in [6.45, 7) is 9.96. The van der Waals surface area contributed by atoms with Gasteiger partial charge in [-0.05, 0) is 49.2 Å². The maximum absolute atomic E-state index is 13.8. The van der Waals surface area contributed by atoms with E-state index in [9.17, 15) is 14.7 Å². The minimum atomic E-state index is -1.26. The molecule has 0 radical (unpaired) electrons. The highest BCUT2D eigenvalue weighted by Gasteiger charge is 2.41. The molecule has 0 fully saturated rings. The predicted molar refractivity (Wildman–Crippen MR) is 159 cm³/mol. The Hall–Kier alpha value is -3.49. The number of carbonyl (C=O) groups excluding carboxylic acids is 2. The van der Waals surface area contributed by atoms with Gasteiger partial charge in [0.05, 0.1) is 35.4 Å². The van der Waals surface area contributed by atoms with Gasteiger partial charge in [-0.1, -0.05) is 56.3 Å². The molecule has 39 heavy (non-hydrogen) atoms. The maximum Gasteiger partial charge on any atom is 0.223 e. The summed E-state index contributed by atoms with van der Waals surface area (Å²) < 4.78 is 3.65. The van der Waals surface area contributed by atoms with Crippen LogP contribution >= 0.6 is 17.0 Å². The van der Waals surface area contributed by atoms with Crippen molar-refractivity contribution in [2.24, 2.45) is 0 Å². The van der Waals surface area contributed by atoms with Crippen LogP contribution in [0.15, 0.2) is 66.7 Å². The van der Waals surface area contributed by atoms with Gasteiger partial charge in [-0.2, -0.15) is 0 Å². The Kier molecular flexibility index (Phi) is 7.49. The Morgan fingerprint density at radius 1 is 0.974 bits per heavy atom. The third kappa shape index (κ3) is 5.11. The lowest BCUT2D eigenvalue weighted by Gasteiger charge is -2.26. The highest BCUT2D eigenvalue weighted by Crippen LogP contribution is 2.46. The molecule has 1 aromatic heterocycles. The van der Waals surface area contributed by atoms with Crippen LogP contribution < -0.4 is 10.5 Å². The molecule has 2 N–H and O–H groups in total. The average Bonchev–Trinajstić information content (AvgIpc) is 3.29. The second-order valence-corrected chi connectivity index (χ2v) is 11.4. The molecule has 3 aromatic carbocycles. The number of aromatic nitrogens is 2. The molecule has 1 amide bonds. The van der Waals surface area contributed by atoms with Gasteiger partial charge in [-0.3, -0.25) is 15.0 Å². The third-order valence-corrected chi connectivity index (χ3v) is 7.48.